The highest BCUT2D eigenvalue weighted by molar-refractivity contribution is 5.73. The summed E-state index contributed by atoms with van der Waals surface area (Å²) >= 11 is 0. The Labute approximate surface area is 257 Å². The molecule has 0 bridgehead atoms. The van der Waals surface area contributed by atoms with Crippen LogP contribution in [0.3, 0.4) is 0 Å². The number of rotatable bonds is 12. The number of hydrogen-bond donors (Lipinski definition) is 4. The number of methoxy groups -OCH3 is 1. The number of benzene rings is 3. The van der Waals surface area contributed by atoms with Crippen LogP contribution in [-0.2, 0) is 17.5 Å². The van der Waals surface area contributed by atoms with Crippen molar-refractivity contribution in [2.24, 2.45) is 0 Å². The summed E-state index contributed by atoms with van der Waals surface area (Å²) < 4.78 is 77.5. The first kappa shape index (κ1) is 33.8. The molecule has 3 aromatic carbocycles. The normalized spacial score (nSPS) is 18.3. The van der Waals surface area contributed by atoms with E-state index in [0.717, 1.165) is 28.0 Å². The van der Waals surface area contributed by atoms with Gasteiger partial charge in [-0.15, -0.1) is 0 Å². The van der Waals surface area contributed by atoms with Gasteiger partial charge in [-0.1, -0.05) is 48.5 Å². The van der Waals surface area contributed by atoms with E-state index in [-0.39, 0.29) is 48.5 Å². The Hall–Kier alpha value is -4.04. The van der Waals surface area contributed by atoms with Crippen LogP contribution >= 0.6 is 0 Å². The van der Waals surface area contributed by atoms with Crippen molar-refractivity contribution in [2.75, 3.05) is 20.2 Å². The zero-order valence-electron chi connectivity index (χ0n) is 24.6. The van der Waals surface area contributed by atoms with E-state index in [9.17, 15) is 32.6 Å². The zero-order valence-corrected chi connectivity index (χ0v) is 24.6. The summed E-state index contributed by atoms with van der Waals surface area (Å²) in [6.07, 6.45) is -8.21. The number of aliphatic hydroxyl groups is 2. The first-order valence-electron chi connectivity index (χ1n) is 14.1. The monoisotopic (exact) mass is 635 g/mol. The molecule has 4 rings (SSSR count). The molecular weight excluding hydrogens is 601 g/mol. The predicted octanol–water partition coefficient (Wildman–Crippen LogP) is 5.33. The number of ether oxygens (including phenoxy) is 1. The second-order valence-corrected chi connectivity index (χ2v) is 10.5. The van der Waals surface area contributed by atoms with Crippen molar-refractivity contribution < 1.29 is 46.8 Å². The molecule has 0 fully saturated rings. The maximum atomic E-state index is 15.6. The molecule has 242 valence electrons. The Kier molecular flexibility index (Phi) is 10.8. The van der Waals surface area contributed by atoms with Crippen LogP contribution in [0.5, 0.6) is 5.75 Å². The predicted molar refractivity (Wildman–Crippen MR) is 155 cm³/mol. The summed E-state index contributed by atoms with van der Waals surface area (Å²) in [5, 5.41) is 35.6. The Morgan fingerprint density at radius 2 is 1.71 bits per heavy atom. The molecule has 0 aromatic heterocycles. The van der Waals surface area contributed by atoms with Crippen molar-refractivity contribution >= 4 is 11.5 Å². The van der Waals surface area contributed by atoms with Crippen LogP contribution in [0.25, 0.3) is 5.57 Å². The molecule has 45 heavy (non-hydrogen) atoms. The highest BCUT2D eigenvalue weighted by atomic mass is 19.4. The van der Waals surface area contributed by atoms with Crippen LogP contribution < -0.4 is 10.1 Å². The Morgan fingerprint density at radius 1 is 1.02 bits per heavy atom. The Bertz CT molecular complexity index is 1520. The number of alkyl halides is 3. The topological polar surface area (TPSA) is 106 Å². The minimum Gasteiger partial charge on any atom is -0.494 e. The van der Waals surface area contributed by atoms with E-state index in [2.05, 4.69) is 5.32 Å². The van der Waals surface area contributed by atoms with Gasteiger partial charge in [0.15, 0.2) is 17.9 Å². The molecule has 0 spiro atoms. The molecular formula is C32H34F5N3O5. The second-order valence-electron chi connectivity index (χ2n) is 10.5. The molecule has 0 saturated carbocycles. The first-order valence-corrected chi connectivity index (χ1v) is 14.1. The summed E-state index contributed by atoms with van der Waals surface area (Å²) in [6.45, 7) is 0.702. The Balaban J connectivity index is 1.82. The maximum absolute atomic E-state index is 15.6. The number of aliphatic hydroxyl groups excluding tert-OH is 2. The van der Waals surface area contributed by atoms with Crippen molar-refractivity contribution in [3.63, 3.8) is 0 Å². The van der Waals surface area contributed by atoms with Gasteiger partial charge in [0.1, 0.15) is 12.0 Å². The molecule has 0 amide bonds. The minimum absolute atomic E-state index is 0.0143. The van der Waals surface area contributed by atoms with E-state index >= 15 is 4.39 Å². The SMILES string of the molecule is COc1cccc(C2=C(C)N(Cc3c(F)cccc3C(F)(F)F)[C@@H](O)N(C[C@H](NCCCC(=O)O)c3ccccc3)[C@@H]2O)c1F. The lowest BCUT2D eigenvalue weighted by Gasteiger charge is -2.47. The second kappa shape index (κ2) is 14.4. The minimum atomic E-state index is -4.91. The summed E-state index contributed by atoms with van der Waals surface area (Å²) in [6, 6.07) is 14.9. The third-order valence-corrected chi connectivity index (χ3v) is 7.75. The number of carbonyl (C=O) groups is 1. The van der Waals surface area contributed by atoms with Gasteiger partial charge in [0, 0.05) is 47.9 Å². The summed E-state index contributed by atoms with van der Waals surface area (Å²) in [7, 11) is 1.25. The van der Waals surface area contributed by atoms with Crippen LogP contribution in [0.4, 0.5) is 22.0 Å². The van der Waals surface area contributed by atoms with Crippen LogP contribution in [-0.4, -0.2) is 63.9 Å². The van der Waals surface area contributed by atoms with Crippen molar-refractivity contribution in [1.82, 2.24) is 15.1 Å². The fourth-order valence-corrected chi connectivity index (χ4v) is 5.45. The van der Waals surface area contributed by atoms with Crippen molar-refractivity contribution in [3.05, 3.63) is 106 Å². The summed E-state index contributed by atoms with van der Waals surface area (Å²) in [4.78, 5) is 13.3. The fraction of sp³-hybridized carbons (Fsp3) is 0.344. The maximum Gasteiger partial charge on any atom is 0.416 e. The van der Waals surface area contributed by atoms with E-state index in [1.807, 2.05) is 0 Å². The summed E-state index contributed by atoms with van der Waals surface area (Å²) in [5.41, 5.74) is -1.46. The smallest absolute Gasteiger partial charge is 0.416 e. The molecule has 1 aliphatic heterocycles. The lowest BCUT2D eigenvalue weighted by molar-refractivity contribution is -0.163. The largest absolute Gasteiger partial charge is 0.494 e. The van der Waals surface area contributed by atoms with Gasteiger partial charge in [-0.2, -0.15) is 13.2 Å². The Morgan fingerprint density at radius 3 is 2.36 bits per heavy atom. The van der Waals surface area contributed by atoms with E-state index < -0.39 is 60.1 Å². The lowest BCUT2D eigenvalue weighted by Crippen LogP contribution is -2.58. The number of carboxylic acid groups (broad SMARTS) is 1. The third-order valence-electron chi connectivity index (χ3n) is 7.75. The number of halogens is 5. The van der Waals surface area contributed by atoms with Gasteiger partial charge in [-0.05, 0) is 43.7 Å². The summed E-state index contributed by atoms with van der Waals surface area (Å²) in [5.74, 6) is -3.14. The molecule has 1 aliphatic rings. The molecule has 0 saturated heterocycles. The number of hydrogen-bond acceptors (Lipinski definition) is 7. The van der Waals surface area contributed by atoms with Gasteiger partial charge < -0.3 is 30.3 Å². The van der Waals surface area contributed by atoms with Gasteiger partial charge in [-0.3, -0.25) is 4.79 Å². The van der Waals surface area contributed by atoms with Crippen molar-refractivity contribution in [3.8, 4) is 5.75 Å². The first-order chi connectivity index (χ1) is 21.3. The average Bonchev–Trinajstić information content (AvgIpc) is 2.99. The molecule has 3 atom stereocenters. The van der Waals surface area contributed by atoms with Crippen LogP contribution in [0.1, 0.15) is 48.1 Å². The number of nitrogens with zero attached hydrogens (tertiary/aromatic N) is 2. The van der Waals surface area contributed by atoms with Gasteiger partial charge in [-0.25, -0.2) is 13.7 Å². The molecule has 8 nitrogen and oxygen atoms in total. The van der Waals surface area contributed by atoms with E-state index in [1.54, 1.807) is 30.3 Å². The molecule has 13 heteroatoms. The van der Waals surface area contributed by atoms with Crippen molar-refractivity contribution in [1.29, 1.82) is 0 Å². The lowest BCUT2D eigenvalue weighted by atomic mass is 9.96. The number of aliphatic carboxylic acids is 1. The van der Waals surface area contributed by atoms with Crippen molar-refractivity contribution in [2.45, 2.75) is 51.1 Å². The molecule has 0 radical (unpaired) electrons. The van der Waals surface area contributed by atoms with Crippen LogP contribution in [0.15, 0.2) is 72.4 Å². The molecule has 4 N–H and O–H groups in total. The van der Waals surface area contributed by atoms with E-state index in [4.69, 9.17) is 9.84 Å². The average molecular weight is 636 g/mol. The van der Waals surface area contributed by atoms with Crippen LogP contribution in [0.2, 0.25) is 0 Å². The highest BCUT2D eigenvalue weighted by Crippen LogP contribution is 2.40. The molecule has 0 aliphatic carbocycles. The van der Waals surface area contributed by atoms with E-state index in [1.165, 1.54) is 32.2 Å². The zero-order chi connectivity index (χ0) is 32.9. The third kappa shape index (κ3) is 7.61. The van der Waals surface area contributed by atoms with Gasteiger partial charge in [0.2, 0.25) is 0 Å². The van der Waals surface area contributed by atoms with Gasteiger partial charge in [0.05, 0.1) is 12.7 Å². The quantitative estimate of drug-likeness (QED) is 0.156. The van der Waals surface area contributed by atoms with Crippen LogP contribution in [0, 0.1) is 11.6 Å². The standard InChI is InChI=1S/C32H34F5N3O5/c1-19-28(21-11-6-14-26(45-2)29(21)34)30(43)40(18-25(20-9-4-3-5-10-20)38-16-8-15-27(41)42)31(44)39(19)17-22-23(32(35,36)37)12-7-13-24(22)33/h3-7,9-14,25,30-31,38,43-44H,8,15-18H2,1-2H3,(H,41,42)/t25-,30+,31+/m0/s1. The number of nitrogens with one attached hydrogen (secondary N) is 1. The van der Waals surface area contributed by atoms with Gasteiger partial charge >= 0.3 is 12.1 Å². The highest BCUT2D eigenvalue weighted by Gasteiger charge is 2.42. The molecule has 1 heterocycles. The molecule has 0 unspecified atom stereocenters. The van der Waals surface area contributed by atoms with E-state index in [0.29, 0.717) is 5.56 Å². The molecule has 3 aromatic rings. The number of allylic oxidation sites excluding steroid dienone is 1. The van der Waals surface area contributed by atoms with Gasteiger partial charge in [0.25, 0.3) is 0 Å². The fourth-order valence-electron chi connectivity index (χ4n) is 5.45. The number of carboxylic acids is 1.